The summed E-state index contributed by atoms with van der Waals surface area (Å²) in [5.41, 5.74) is -0.0883. The zero-order valence-corrected chi connectivity index (χ0v) is 9.18. The van der Waals surface area contributed by atoms with Gasteiger partial charge >= 0.3 is 5.97 Å². The molecule has 0 unspecified atom stereocenters. The SMILES string of the molecule is CC(C)(C)c1nc(SCC(=O)O)n[nH]1. The Kier molecular flexibility index (Phi) is 3.15. The fourth-order valence-corrected chi connectivity index (χ4v) is 1.29. The zero-order valence-electron chi connectivity index (χ0n) is 8.37. The van der Waals surface area contributed by atoms with Crippen LogP contribution in [0, 0.1) is 0 Å². The Hall–Kier alpha value is -1.04. The molecular weight excluding hydrogens is 202 g/mol. The molecule has 1 rings (SSSR count). The number of carboxylic acids is 1. The normalized spacial score (nSPS) is 11.6. The van der Waals surface area contributed by atoms with E-state index in [1.165, 1.54) is 0 Å². The summed E-state index contributed by atoms with van der Waals surface area (Å²) in [6.45, 7) is 6.04. The minimum Gasteiger partial charge on any atom is -0.481 e. The predicted octanol–water partition coefficient (Wildman–Crippen LogP) is 1.28. The predicted molar refractivity (Wildman–Crippen MR) is 53.4 cm³/mol. The molecule has 0 aliphatic heterocycles. The minimum atomic E-state index is -0.864. The zero-order chi connectivity index (χ0) is 10.8. The molecule has 1 aromatic rings. The Morgan fingerprint density at radius 2 is 2.21 bits per heavy atom. The molecule has 78 valence electrons. The molecule has 0 spiro atoms. The number of aliphatic carboxylic acids is 1. The van der Waals surface area contributed by atoms with E-state index in [1.807, 2.05) is 20.8 Å². The van der Waals surface area contributed by atoms with Gasteiger partial charge in [-0.25, -0.2) is 4.98 Å². The highest BCUT2D eigenvalue weighted by Crippen LogP contribution is 2.20. The van der Waals surface area contributed by atoms with Gasteiger partial charge in [-0.1, -0.05) is 32.5 Å². The third-order valence-corrected chi connectivity index (χ3v) is 2.33. The standard InChI is InChI=1S/C8H13N3O2S/c1-8(2,3)6-9-7(11-10-6)14-4-5(12)13/h4H2,1-3H3,(H,12,13)(H,9,10,11). The van der Waals surface area contributed by atoms with E-state index in [-0.39, 0.29) is 11.2 Å². The molecular formula is C8H13N3O2S. The first kappa shape index (κ1) is 11.0. The number of carbonyl (C=O) groups is 1. The topological polar surface area (TPSA) is 78.9 Å². The van der Waals surface area contributed by atoms with Crippen LogP contribution >= 0.6 is 11.8 Å². The summed E-state index contributed by atoms with van der Waals surface area (Å²) in [6.07, 6.45) is 0. The first-order valence-electron chi connectivity index (χ1n) is 4.17. The lowest BCUT2D eigenvalue weighted by Gasteiger charge is -2.12. The van der Waals surface area contributed by atoms with Crippen molar-refractivity contribution in [2.24, 2.45) is 0 Å². The molecule has 1 aromatic heterocycles. The summed E-state index contributed by atoms with van der Waals surface area (Å²) in [4.78, 5) is 14.5. The van der Waals surface area contributed by atoms with E-state index < -0.39 is 5.97 Å². The molecule has 1 heterocycles. The van der Waals surface area contributed by atoms with Crippen LogP contribution in [0.15, 0.2) is 5.16 Å². The van der Waals surface area contributed by atoms with Gasteiger partial charge in [-0.3, -0.25) is 9.89 Å². The molecule has 0 amide bonds. The number of hydrogen-bond donors (Lipinski definition) is 2. The number of rotatable bonds is 3. The molecule has 0 radical (unpaired) electrons. The average molecular weight is 215 g/mol. The maximum absolute atomic E-state index is 10.3. The molecule has 2 N–H and O–H groups in total. The number of nitrogens with zero attached hydrogens (tertiary/aromatic N) is 2. The van der Waals surface area contributed by atoms with Gasteiger partial charge in [0.2, 0.25) is 5.16 Å². The van der Waals surface area contributed by atoms with Gasteiger partial charge in [0.15, 0.2) is 0 Å². The van der Waals surface area contributed by atoms with Crippen LogP contribution in [0.4, 0.5) is 0 Å². The summed E-state index contributed by atoms with van der Waals surface area (Å²) in [5, 5.41) is 15.7. The van der Waals surface area contributed by atoms with E-state index in [0.29, 0.717) is 5.16 Å². The molecule has 14 heavy (non-hydrogen) atoms. The Morgan fingerprint density at radius 3 is 2.64 bits per heavy atom. The Labute approximate surface area is 86.3 Å². The van der Waals surface area contributed by atoms with Gasteiger partial charge in [0.1, 0.15) is 5.82 Å². The smallest absolute Gasteiger partial charge is 0.313 e. The fraction of sp³-hybridized carbons (Fsp3) is 0.625. The lowest BCUT2D eigenvalue weighted by atomic mass is 9.96. The second-order valence-electron chi connectivity index (χ2n) is 3.90. The first-order valence-corrected chi connectivity index (χ1v) is 5.15. The van der Waals surface area contributed by atoms with Crippen molar-refractivity contribution in [3.63, 3.8) is 0 Å². The van der Waals surface area contributed by atoms with Crippen molar-refractivity contribution in [3.05, 3.63) is 5.82 Å². The minimum absolute atomic E-state index is 0.0125. The highest BCUT2D eigenvalue weighted by atomic mass is 32.2. The molecule has 0 aliphatic rings. The highest BCUT2D eigenvalue weighted by Gasteiger charge is 2.18. The highest BCUT2D eigenvalue weighted by molar-refractivity contribution is 7.99. The van der Waals surface area contributed by atoms with Crippen molar-refractivity contribution >= 4 is 17.7 Å². The Morgan fingerprint density at radius 1 is 1.57 bits per heavy atom. The summed E-state index contributed by atoms with van der Waals surface area (Å²) >= 11 is 1.11. The number of H-pyrrole nitrogens is 1. The number of thioether (sulfide) groups is 1. The summed E-state index contributed by atoms with van der Waals surface area (Å²) in [6, 6.07) is 0. The van der Waals surface area contributed by atoms with E-state index >= 15 is 0 Å². The Balaban J connectivity index is 2.64. The van der Waals surface area contributed by atoms with E-state index in [0.717, 1.165) is 17.6 Å². The van der Waals surface area contributed by atoms with Crippen molar-refractivity contribution < 1.29 is 9.90 Å². The fourth-order valence-electron chi connectivity index (χ4n) is 0.773. The molecule has 0 bridgehead atoms. The van der Waals surface area contributed by atoms with Crippen LogP contribution in [0.5, 0.6) is 0 Å². The van der Waals surface area contributed by atoms with Gasteiger partial charge < -0.3 is 5.11 Å². The molecule has 0 atom stereocenters. The van der Waals surface area contributed by atoms with E-state index in [4.69, 9.17) is 5.11 Å². The van der Waals surface area contributed by atoms with Gasteiger partial charge in [-0.15, -0.1) is 5.10 Å². The largest absolute Gasteiger partial charge is 0.481 e. The second kappa shape index (κ2) is 4.00. The van der Waals surface area contributed by atoms with Gasteiger partial charge in [-0.2, -0.15) is 0 Å². The number of carboxylic acid groups (broad SMARTS) is 1. The van der Waals surface area contributed by atoms with Crippen LogP contribution in [0.2, 0.25) is 0 Å². The molecule has 0 aromatic carbocycles. The molecule has 6 heteroatoms. The quantitative estimate of drug-likeness (QED) is 0.742. The van der Waals surface area contributed by atoms with Gasteiger partial charge in [0, 0.05) is 5.41 Å². The van der Waals surface area contributed by atoms with E-state index in [9.17, 15) is 4.79 Å². The van der Waals surface area contributed by atoms with Crippen molar-refractivity contribution in [2.45, 2.75) is 31.3 Å². The van der Waals surface area contributed by atoms with Crippen LogP contribution in [-0.4, -0.2) is 32.0 Å². The third-order valence-electron chi connectivity index (χ3n) is 1.50. The third kappa shape index (κ3) is 3.02. The van der Waals surface area contributed by atoms with Crippen molar-refractivity contribution in [2.75, 3.05) is 5.75 Å². The lowest BCUT2D eigenvalue weighted by molar-refractivity contribution is -0.133. The molecule has 0 saturated heterocycles. The summed E-state index contributed by atoms with van der Waals surface area (Å²) < 4.78 is 0. The van der Waals surface area contributed by atoms with Crippen LogP contribution in [0.1, 0.15) is 26.6 Å². The first-order chi connectivity index (χ1) is 6.39. The van der Waals surface area contributed by atoms with Crippen molar-refractivity contribution in [1.29, 1.82) is 0 Å². The molecule has 0 saturated carbocycles. The number of aromatic amines is 1. The second-order valence-corrected chi connectivity index (χ2v) is 4.84. The van der Waals surface area contributed by atoms with Crippen molar-refractivity contribution in [1.82, 2.24) is 15.2 Å². The van der Waals surface area contributed by atoms with E-state index in [2.05, 4.69) is 15.2 Å². The summed E-state index contributed by atoms with van der Waals surface area (Å²) in [7, 11) is 0. The molecule has 0 fully saturated rings. The lowest BCUT2D eigenvalue weighted by Crippen LogP contribution is -2.13. The van der Waals surface area contributed by atoms with E-state index in [1.54, 1.807) is 0 Å². The molecule has 5 nitrogen and oxygen atoms in total. The van der Waals surface area contributed by atoms with Crippen LogP contribution in [0.25, 0.3) is 0 Å². The average Bonchev–Trinajstić information content (AvgIpc) is 2.47. The van der Waals surface area contributed by atoms with Crippen LogP contribution in [-0.2, 0) is 10.2 Å². The van der Waals surface area contributed by atoms with Gasteiger partial charge in [0.05, 0.1) is 5.75 Å². The Bertz CT molecular complexity index is 330. The maximum Gasteiger partial charge on any atom is 0.313 e. The summed E-state index contributed by atoms with van der Waals surface area (Å²) in [5.74, 6) is -0.107. The van der Waals surface area contributed by atoms with Crippen LogP contribution < -0.4 is 0 Å². The van der Waals surface area contributed by atoms with Gasteiger partial charge in [0.25, 0.3) is 0 Å². The van der Waals surface area contributed by atoms with Gasteiger partial charge in [-0.05, 0) is 0 Å². The number of nitrogens with one attached hydrogen (secondary N) is 1. The maximum atomic E-state index is 10.3. The monoisotopic (exact) mass is 215 g/mol. The van der Waals surface area contributed by atoms with Crippen LogP contribution in [0.3, 0.4) is 0 Å². The van der Waals surface area contributed by atoms with Crippen molar-refractivity contribution in [3.8, 4) is 0 Å². The molecule has 0 aliphatic carbocycles. The number of hydrogen-bond acceptors (Lipinski definition) is 4. The number of aromatic nitrogens is 3.